The van der Waals surface area contributed by atoms with Crippen LogP contribution in [-0.2, 0) is 19.6 Å². The van der Waals surface area contributed by atoms with Gasteiger partial charge in [-0.25, -0.2) is 12.8 Å². The fraction of sp³-hybridized carbons (Fsp3) is 0.344. The van der Waals surface area contributed by atoms with Crippen LogP contribution in [0.3, 0.4) is 0 Å². The zero-order chi connectivity index (χ0) is 29.6. The van der Waals surface area contributed by atoms with E-state index in [-0.39, 0.29) is 29.2 Å². The molecule has 0 bridgehead atoms. The molecule has 3 aromatic rings. The Morgan fingerprint density at radius 2 is 1.88 bits per heavy atom. The topological polar surface area (TPSA) is 76.2 Å². The molecule has 2 saturated heterocycles. The van der Waals surface area contributed by atoms with E-state index in [2.05, 4.69) is 0 Å². The molecule has 1 amide bonds. The Kier molecular flexibility index (Phi) is 7.53. The monoisotopic (exact) mass is 610 g/mol. The van der Waals surface area contributed by atoms with Crippen molar-refractivity contribution >= 4 is 44.9 Å². The number of halogens is 2. The fourth-order valence-corrected chi connectivity index (χ4v) is 7.77. The second-order valence-corrected chi connectivity index (χ2v) is 13.8. The number of ether oxygens (including phenoxy) is 2. The summed E-state index contributed by atoms with van der Waals surface area (Å²) in [6.07, 6.45) is 1.90. The number of hydrogen-bond acceptors (Lipinski definition) is 5. The molecule has 2 fully saturated rings. The predicted octanol–water partition coefficient (Wildman–Crippen LogP) is 5.94. The van der Waals surface area contributed by atoms with Crippen LogP contribution in [0.5, 0.6) is 5.75 Å². The van der Waals surface area contributed by atoms with Crippen molar-refractivity contribution in [2.45, 2.75) is 37.7 Å². The van der Waals surface area contributed by atoms with Crippen LogP contribution in [-0.4, -0.2) is 58.2 Å². The van der Waals surface area contributed by atoms with Crippen molar-refractivity contribution in [3.63, 3.8) is 0 Å². The maximum Gasteiger partial charge on any atom is 0.264 e. The summed E-state index contributed by atoms with van der Waals surface area (Å²) in [6.45, 7) is 6.48. The lowest BCUT2D eigenvalue weighted by Gasteiger charge is -2.55. The highest BCUT2D eigenvalue weighted by Crippen LogP contribution is 2.41. The van der Waals surface area contributed by atoms with E-state index in [0.29, 0.717) is 65.9 Å². The maximum absolute atomic E-state index is 14.6. The Bertz CT molecular complexity index is 1660. The summed E-state index contributed by atoms with van der Waals surface area (Å²) < 4.78 is 55.5. The molecule has 7 nitrogen and oxygen atoms in total. The van der Waals surface area contributed by atoms with E-state index in [4.69, 9.17) is 21.1 Å². The van der Waals surface area contributed by atoms with Crippen molar-refractivity contribution in [3.05, 3.63) is 88.2 Å². The van der Waals surface area contributed by atoms with E-state index in [9.17, 15) is 17.6 Å². The highest BCUT2D eigenvalue weighted by atomic mass is 35.5. The number of amides is 1. The third-order valence-corrected chi connectivity index (χ3v) is 10.2. The molecule has 42 heavy (non-hydrogen) atoms. The van der Waals surface area contributed by atoms with E-state index in [0.717, 1.165) is 5.56 Å². The number of nitrogens with zero attached hydrogens (tertiary/aromatic N) is 2. The SMILES string of the molecule is C/C(=C\c1ccc2c(c1)N(S(=O)(=O)c1cccc(C)c1)C[C@H](CCC(=O)N1CC3(COC3)C1)O2)c1c(F)cccc1Cl. The Morgan fingerprint density at radius 1 is 1.12 bits per heavy atom. The molecule has 1 atom stereocenters. The molecule has 6 rings (SSSR count). The molecule has 0 radical (unpaired) electrons. The number of carbonyl (C=O) groups excluding carboxylic acids is 1. The smallest absolute Gasteiger partial charge is 0.264 e. The number of allylic oxidation sites excluding steroid dienone is 1. The average molecular weight is 611 g/mol. The number of aryl methyl sites for hydroxylation is 1. The van der Waals surface area contributed by atoms with Crippen molar-refractivity contribution in [1.82, 2.24) is 4.90 Å². The first-order valence-corrected chi connectivity index (χ1v) is 15.7. The summed E-state index contributed by atoms with van der Waals surface area (Å²) >= 11 is 6.27. The number of sulfonamides is 1. The third kappa shape index (κ3) is 5.41. The third-order valence-electron chi connectivity index (χ3n) is 8.13. The van der Waals surface area contributed by atoms with Gasteiger partial charge in [0.1, 0.15) is 17.7 Å². The summed E-state index contributed by atoms with van der Waals surface area (Å²) in [5.41, 5.74) is 2.90. The Hall–Kier alpha value is -3.40. The van der Waals surface area contributed by atoms with Crippen LogP contribution in [0.2, 0.25) is 5.02 Å². The Morgan fingerprint density at radius 3 is 2.57 bits per heavy atom. The number of carbonyl (C=O) groups is 1. The number of hydrogen-bond donors (Lipinski definition) is 0. The molecule has 1 spiro atoms. The molecule has 3 heterocycles. The molecular weight excluding hydrogens is 579 g/mol. The van der Waals surface area contributed by atoms with Crippen molar-refractivity contribution in [2.24, 2.45) is 5.41 Å². The average Bonchev–Trinajstić information content (AvgIpc) is 2.90. The molecule has 3 aromatic carbocycles. The Balaban J connectivity index is 1.29. The van der Waals surface area contributed by atoms with E-state index in [1.807, 2.05) is 17.9 Å². The van der Waals surface area contributed by atoms with E-state index in [1.54, 1.807) is 61.5 Å². The van der Waals surface area contributed by atoms with Crippen LogP contribution in [0.15, 0.2) is 65.6 Å². The molecule has 3 aliphatic rings. The lowest BCUT2D eigenvalue weighted by atomic mass is 9.78. The summed E-state index contributed by atoms with van der Waals surface area (Å²) in [4.78, 5) is 14.9. The summed E-state index contributed by atoms with van der Waals surface area (Å²) in [7, 11) is -3.96. The normalized spacial score (nSPS) is 19.5. The van der Waals surface area contributed by atoms with Gasteiger partial charge in [0, 0.05) is 25.1 Å². The number of anilines is 1. The van der Waals surface area contributed by atoms with Gasteiger partial charge >= 0.3 is 0 Å². The minimum atomic E-state index is -3.96. The van der Waals surface area contributed by atoms with Crippen LogP contribution < -0.4 is 9.04 Å². The van der Waals surface area contributed by atoms with Gasteiger partial charge in [0.25, 0.3) is 10.0 Å². The molecule has 0 aliphatic carbocycles. The largest absolute Gasteiger partial charge is 0.486 e. The van der Waals surface area contributed by atoms with Crippen molar-refractivity contribution < 1.29 is 27.1 Å². The number of benzene rings is 3. The number of likely N-dealkylation sites (tertiary alicyclic amines) is 1. The first-order chi connectivity index (χ1) is 20.0. The lowest BCUT2D eigenvalue weighted by Crippen LogP contribution is -2.67. The van der Waals surface area contributed by atoms with Crippen LogP contribution >= 0.6 is 11.6 Å². The quantitative estimate of drug-likeness (QED) is 0.309. The number of fused-ring (bicyclic) bond motifs is 1. The molecule has 10 heteroatoms. The number of rotatable bonds is 7. The predicted molar refractivity (Wildman–Crippen MR) is 161 cm³/mol. The van der Waals surface area contributed by atoms with Gasteiger partial charge in [-0.3, -0.25) is 9.10 Å². The minimum Gasteiger partial charge on any atom is -0.486 e. The molecule has 0 saturated carbocycles. The van der Waals surface area contributed by atoms with Gasteiger partial charge in [-0.15, -0.1) is 0 Å². The van der Waals surface area contributed by atoms with Gasteiger partial charge in [0.2, 0.25) is 5.91 Å². The second-order valence-electron chi connectivity index (χ2n) is 11.5. The first kappa shape index (κ1) is 28.7. The van der Waals surface area contributed by atoms with Gasteiger partial charge in [-0.1, -0.05) is 41.9 Å². The molecule has 0 aromatic heterocycles. The first-order valence-electron chi connectivity index (χ1n) is 13.9. The summed E-state index contributed by atoms with van der Waals surface area (Å²) in [6, 6.07) is 16.5. The van der Waals surface area contributed by atoms with Gasteiger partial charge < -0.3 is 14.4 Å². The van der Waals surface area contributed by atoms with Crippen LogP contribution in [0.1, 0.15) is 36.5 Å². The van der Waals surface area contributed by atoms with E-state index in [1.165, 1.54) is 10.4 Å². The van der Waals surface area contributed by atoms with Gasteiger partial charge in [0.05, 0.1) is 40.8 Å². The van der Waals surface area contributed by atoms with Crippen LogP contribution in [0, 0.1) is 18.2 Å². The van der Waals surface area contributed by atoms with Crippen LogP contribution in [0.25, 0.3) is 11.6 Å². The van der Waals surface area contributed by atoms with E-state index >= 15 is 0 Å². The molecular formula is C32H32ClFN2O5S. The zero-order valence-corrected chi connectivity index (χ0v) is 25.1. The van der Waals surface area contributed by atoms with E-state index < -0.39 is 21.9 Å². The highest BCUT2D eigenvalue weighted by molar-refractivity contribution is 7.92. The minimum absolute atomic E-state index is 0.0396. The van der Waals surface area contributed by atoms with Crippen molar-refractivity contribution in [2.75, 3.05) is 37.2 Å². The summed E-state index contributed by atoms with van der Waals surface area (Å²) in [5.74, 6) is 0.00829. The molecule has 220 valence electrons. The van der Waals surface area contributed by atoms with Crippen LogP contribution in [0.4, 0.5) is 10.1 Å². The zero-order valence-electron chi connectivity index (χ0n) is 23.5. The molecule has 3 aliphatic heterocycles. The standard InChI is InChI=1S/C32H32ClFN2O5S/c1-21-5-3-6-25(13-21)42(38,39)36-16-24(10-12-30(37)35-17-32(18-35)19-40-20-32)41-29-11-9-23(15-28(29)36)14-22(2)31-26(33)7-4-8-27(31)34/h3-9,11,13-15,24H,10,12,16-20H2,1-2H3/b22-14+/t24-/m0/s1. The lowest BCUT2D eigenvalue weighted by molar-refractivity contribution is -0.195. The summed E-state index contributed by atoms with van der Waals surface area (Å²) in [5, 5.41) is 0.292. The molecule has 0 N–H and O–H groups in total. The molecule has 0 unspecified atom stereocenters. The Labute approximate surface area is 250 Å². The second kappa shape index (κ2) is 11.0. The fourth-order valence-electron chi connectivity index (χ4n) is 5.85. The maximum atomic E-state index is 14.6. The van der Waals surface area contributed by atoms with Crippen molar-refractivity contribution in [1.29, 1.82) is 0 Å². The van der Waals surface area contributed by atoms with Gasteiger partial charge in [0.15, 0.2) is 0 Å². The van der Waals surface area contributed by atoms with Gasteiger partial charge in [-0.05, 0) is 73.4 Å². The van der Waals surface area contributed by atoms with Gasteiger partial charge in [-0.2, -0.15) is 0 Å². The van der Waals surface area contributed by atoms with Crippen molar-refractivity contribution in [3.8, 4) is 5.75 Å². The highest BCUT2D eigenvalue weighted by Gasteiger charge is 2.50.